The molecule has 1 aromatic heterocycles. The fourth-order valence-corrected chi connectivity index (χ4v) is 1.96. The van der Waals surface area contributed by atoms with Gasteiger partial charge < -0.3 is 14.8 Å². The first kappa shape index (κ1) is 15.8. The van der Waals surface area contributed by atoms with Gasteiger partial charge in [0, 0.05) is 37.0 Å². The number of rotatable bonds is 7. The summed E-state index contributed by atoms with van der Waals surface area (Å²) in [5, 5.41) is 4.01. The van der Waals surface area contributed by atoms with Crippen molar-refractivity contribution in [3.63, 3.8) is 0 Å². The summed E-state index contributed by atoms with van der Waals surface area (Å²) in [5.74, 6) is 1.33. The van der Waals surface area contributed by atoms with Gasteiger partial charge in [0.15, 0.2) is 0 Å². The van der Waals surface area contributed by atoms with Crippen LogP contribution in [0.2, 0.25) is 5.02 Å². The molecule has 5 heteroatoms. The summed E-state index contributed by atoms with van der Waals surface area (Å²) in [7, 11) is 1.68. The topological polar surface area (TPSA) is 43.4 Å². The van der Waals surface area contributed by atoms with Crippen LogP contribution in [-0.4, -0.2) is 25.2 Å². The largest absolute Gasteiger partial charge is 0.439 e. The van der Waals surface area contributed by atoms with Gasteiger partial charge in [0.2, 0.25) is 5.88 Å². The molecule has 0 spiro atoms. The first-order chi connectivity index (χ1) is 10.2. The Kier molecular flexibility index (Phi) is 5.99. The van der Waals surface area contributed by atoms with E-state index in [0.717, 1.165) is 28.4 Å². The van der Waals surface area contributed by atoms with E-state index >= 15 is 0 Å². The molecule has 0 saturated carbocycles. The van der Waals surface area contributed by atoms with Crippen molar-refractivity contribution >= 4 is 11.6 Å². The molecule has 0 amide bonds. The number of halogens is 1. The number of nitrogens with one attached hydrogen (secondary N) is 1. The van der Waals surface area contributed by atoms with Crippen LogP contribution >= 0.6 is 11.6 Å². The molecule has 2 rings (SSSR count). The standard InChI is InChI=1S/C16H19ClN2O2/c1-12-10-14(5-6-15(12)17)21-16-13(4-3-7-19-16)11-18-8-9-20-2/h3-7,10,18H,8-9,11H2,1-2H3. The maximum absolute atomic E-state index is 6.02. The number of methoxy groups -OCH3 is 1. The molecule has 2 aromatic rings. The van der Waals surface area contributed by atoms with Crippen molar-refractivity contribution < 1.29 is 9.47 Å². The Hall–Kier alpha value is -1.62. The molecule has 112 valence electrons. The number of pyridine rings is 1. The summed E-state index contributed by atoms with van der Waals surface area (Å²) < 4.78 is 10.9. The monoisotopic (exact) mass is 306 g/mol. The van der Waals surface area contributed by atoms with E-state index < -0.39 is 0 Å². The quantitative estimate of drug-likeness (QED) is 0.794. The smallest absolute Gasteiger partial charge is 0.223 e. The molecule has 1 N–H and O–H groups in total. The summed E-state index contributed by atoms with van der Waals surface area (Å²) in [6, 6.07) is 9.45. The van der Waals surface area contributed by atoms with Crippen LogP contribution in [0.4, 0.5) is 0 Å². The second kappa shape index (κ2) is 7.98. The lowest BCUT2D eigenvalue weighted by atomic mass is 10.2. The highest BCUT2D eigenvalue weighted by Crippen LogP contribution is 2.26. The molecule has 0 saturated heterocycles. The summed E-state index contributed by atoms with van der Waals surface area (Å²) >= 11 is 6.02. The number of nitrogens with zero attached hydrogens (tertiary/aromatic N) is 1. The minimum Gasteiger partial charge on any atom is -0.439 e. The van der Waals surface area contributed by atoms with Gasteiger partial charge in [-0.15, -0.1) is 0 Å². The Balaban J connectivity index is 2.06. The van der Waals surface area contributed by atoms with Crippen LogP contribution in [0, 0.1) is 6.92 Å². The lowest BCUT2D eigenvalue weighted by Gasteiger charge is -2.11. The van der Waals surface area contributed by atoms with E-state index in [1.807, 2.05) is 37.3 Å². The molecule has 0 unspecified atom stereocenters. The molecule has 0 bridgehead atoms. The van der Waals surface area contributed by atoms with Gasteiger partial charge in [0.05, 0.1) is 6.61 Å². The highest BCUT2D eigenvalue weighted by atomic mass is 35.5. The molecule has 0 aliphatic rings. The lowest BCUT2D eigenvalue weighted by Crippen LogP contribution is -2.19. The lowest BCUT2D eigenvalue weighted by molar-refractivity contribution is 0.199. The normalized spacial score (nSPS) is 10.6. The summed E-state index contributed by atoms with van der Waals surface area (Å²) in [6.07, 6.45) is 1.72. The zero-order chi connectivity index (χ0) is 15.1. The molecule has 1 heterocycles. The Bertz CT molecular complexity index is 590. The van der Waals surface area contributed by atoms with Gasteiger partial charge in [-0.2, -0.15) is 0 Å². The molecule has 4 nitrogen and oxygen atoms in total. The van der Waals surface area contributed by atoms with Gasteiger partial charge in [0.25, 0.3) is 0 Å². The molecule has 0 atom stereocenters. The minimum absolute atomic E-state index is 0.601. The first-order valence-electron chi connectivity index (χ1n) is 6.78. The van der Waals surface area contributed by atoms with Crippen molar-refractivity contribution in [2.45, 2.75) is 13.5 Å². The van der Waals surface area contributed by atoms with E-state index in [4.69, 9.17) is 21.1 Å². The number of aromatic nitrogens is 1. The molecular formula is C16H19ClN2O2. The van der Waals surface area contributed by atoms with E-state index in [1.54, 1.807) is 13.3 Å². The number of aryl methyl sites for hydroxylation is 1. The average molecular weight is 307 g/mol. The second-order valence-corrected chi connectivity index (χ2v) is 5.06. The van der Waals surface area contributed by atoms with Crippen molar-refractivity contribution in [3.8, 4) is 11.6 Å². The number of benzene rings is 1. The van der Waals surface area contributed by atoms with Gasteiger partial charge in [-0.25, -0.2) is 4.98 Å². The second-order valence-electron chi connectivity index (χ2n) is 4.65. The minimum atomic E-state index is 0.601. The summed E-state index contributed by atoms with van der Waals surface area (Å²) in [4.78, 5) is 4.30. The van der Waals surface area contributed by atoms with Crippen LogP contribution in [-0.2, 0) is 11.3 Å². The van der Waals surface area contributed by atoms with Crippen molar-refractivity contribution in [2.75, 3.05) is 20.3 Å². The zero-order valence-corrected chi connectivity index (χ0v) is 13.0. The van der Waals surface area contributed by atoms with Crippen LogP contribution in [0.1, 0.15) is 11.1 Å². The fourth-order valence-electron chi connectivity index (χ4n) is 1.84. The van der Waals surface area contributed by atoms with Crippen molar-refractivity contribution in [2.24, 2.45) is 0 Å². The third-order valence-electron chi connectivity index (χ3n) is 2.99. The van der Waals surface area contributed by atoms with E-state index in [0.29, 0.717) is 19.0 Å². The fraction of sp³-hybridized carbons (Fsp3) is 0.312. The number of hydrogen-bond donors (Lipinski definition) is 1. The molecule has 0 fully saturated rings. The van der Waals surface area contributed by atoms with Gasteiger partial charge in [-0.1, -0.05) is 17.7 Å². The molecule has 0 radical (unpaired) electrons. The molecular weight excluding hydrogens is 288 g/mol. The van der Waals surface area contributed by atoms with E-state index in [2.05, 4.69) is 10.3 Å². The van der Waals surface area contributed by atoms with Crippen molar-refractivity contribution in [1.29, 1.82) is 0 Å². The first-order valence-corrected chi connectivity index (χ1v) is 7.16. The summed E-state index contributed by atoms with van der Waals surface area (Å²) in [5.41, 5.74) is 1.98. The molecule has 0 aliphatic heterocycles. The molecule has 1 aromatic carbocycles. The Morgan fingerprint density at radius 1 is 1.29 bits per heavy atom. The third-order valence-corrected chi connectivity index (χ3v) is 3.42. The van der Waals surface area contributed by atoms with Crippen LogP contribution < -0.4 is 10.1 Å². The highest BCUT2D eigenvalue weighted by molar-refractivity contribution is 6.31. The van der Waals surface area contributed by atoms with E-state index in [9.17, 15) is 0 Å². The van der Waals surface area contributed by atoms with Crippen molar-refractivity contribution in [1.82, 2.24) is 10.3 Å². The van der Waals surface area contributed by atoms with Crippen molar-refractivity contribution in [3.05, 3.63) is 52.7 Å². The van der Waals surface area contributed by atoms with E-state index in [-0.39, 0.29) is 0 Å². The van der Waals surface area contributed by atoms with Crippen LogP contribution in [0.25, 0.3) is 0 Å². The average Bonchev–Trinajstić information content (AvgIpc) is 2.49. The van der Waals surface area contributed by atoms with E-state index in [1.165, 1.54) is 0 Å². The van der Waals surface area contributed by atoms with Gasteiger partial charge in [0.1, 0.15) is 5.75 Å². The van der Waals surface area contributed by atoms with Crippen LogP contribution in [0.15, 0.2) is 36.5 Å². The maximum Gasteiger partial charge on any atom is 0.223 e. The Morgan fingerprint density at radius 3 is 2.90 bits per heavy atom. The van der Waals surface area contributed by atoms with Gasteiger partial charge in [-0.3, -0.25) is 0 Å². The SMILES string of the molecule is COCCNCc1cccnc1Oc1ccc(Cl)c(C)c1. The number of hydrogen-bond acceptors (Lipinski definition) is 4. The molecule has 0 aliphatic carbocycles. The summed E-state index contributed by atoms with van der Waals surface area (Å²) in [6.45, 7) is 4.08. The van der Waals surface area contributed by atoms with Gasteiger partial charge in [-0.05, 0) is 36.8 Å². The predicted octanol–water partition coefficient (Wildman–Crippen LogP) is 3.57. The van der Waals surface area contributed by atoms with Crippen LogP contribution in [0.3, 0.4) is 0 Å². The Labute approximate surface area is 130 Å². The predicted molar refractivity (Wildman–Crippen MR) is 84.1 cm³/mol. The zero-order valence-electron chi connectivity index (χ0n) is 12.2. The van der Waals surface area contributed by atoms with Crippen LogP contribution in [0.5, 0.6) is 11.6 Å². The molecule has 21 heavy (non-hydrogen) atoms. The third kappa shape index (κ3) is 4.70. The number of ether oxygens (including phenoxy) is 2. The highest BCUT2D eigenvalue weighted by Gasteiger charge is 2.07. The maximum atomic E-state index is 6.02. The van der Waals surface area contributed by atoms with Gasteiger partial charge >= 0.3 is 0 Å². The Morgan fingerprint density at radius 2 is 2.14 bits per heavy atom.